The lowest BCUT2D eigenvalue weighted by Crippen LogP contribution is -2.38. The molecule has 0 aromatic carbocycles. The Morgan fingerprint density at radius 1 is 1.39 bits per heavy atom. The Labute approximate surface area is 110 Å². The standard InChI is InChI=1S/C12H18N4OS/c1-2-13-12-16-15-11(18-12)10(17)14-9-6-7-3-4-8(9)5-7/h7-9H,2-6H2,1H3,(H,13,16)(H,14,17). The summed E-state index contributed by atoms with van der Waals surface area (Å²) in [4.78, 5) is 12.1. The zero-order valence-electron chi connectivity index (χ0n) is 10.5. The van der Waals surface area contributed by atoms with Gasteiger partial charge < -0.3 is 10.6 Å². The summed E-state index contributed by atoms with van der Waals surface area (Å²) in [5.74, 6) is 1.47. The number of nitrogens with zero attached hydrogens (tertiary/aromatic N) is 2. The maximum absolute atomic E-state index is 12.1. The minimum atomic E-state index is -0.0609. The molecule has 6 heteroatoms. The Morgan fingerprint density at radius 3 is 2.94 bits per heavy atom. The van der Waals surface area contributed by atoms with Crippen molar-refractivity contribution in [2.45, 2.75) is 38.6 Å². The number of carbonyl (C=O) groups is 1. The van der Waals surface area contributed by atoms with Gasteiger partial charge in [-0.05, 0) is 38.0 Å². The van der Waals surface area contributed by atoms with Crippen molar-refractivity contribution < 1.29 is 4.79 Å². The third kappa shape index (κ3) is 2.21. The molecule has 3 rings (SSSR count). The average molecular weight is 266 g/mol. The molecule has 1 aromatic rings. The third-order valence-corrected chi connectivity index (χ3v) is 4.88. The van der Waals surface area contributed by atoms with Gasteiger partial charge >= 0.3 is 0 Å². The van der Waals surface area contributed by atoms with Gasteiger partial charge in [0.2, 0.25) is 10.1 Å². The van der Waals surface area contributed by atoms with Crippen molar-refractivity contribution in [3.8, 4) is 0 Å². The maximum Gasteiger partial charge on any atom is 0.282 e. The summed E-state index contributed by atoms with van der Waals surface area (Å²) in [6.45, 7) is 2.79. The number of nitrogens with one attached hydrogen (secondary N) is 2. The number of amides is 1. The van der Waals surface area contributed by atoms with Crippen LogP contribution in [0.2, 0.25) is 0 Å². The summed E-state index contributed by atoms with van der Waals surface area (Å²) in [6, 6.07) is 0.364. The summed E-state index contributed by atoms with van der Waals surface area (Å²) in [5.41, 5.74) is 0. The van der Waals surface area contributed by atoms with Gasteiger partial charge in [0, 0.05) is 12.6 Å². The monoisotopic (exact) mass is 266 g/mol. The summed E-state index contributed by atoms with van der Waals surface area (Å²) >= 11 is 1.32. The van der Waals surface area contributed by atoms with E-state index in [-0.39, 0.29) is 5.91 Å². The predicted octanol–water partition coefficient (Wildman–Crippen LogP) is 1.89. The largest absolute Gasteiger partial charge is 0.360 e. The summed E-state index contributed by atoms with van der Waals surface area (Å²) in [5, 5.41) is 15.3. The Hall–Kier alpha value is -1.17. The number of anilines is 1. The molecule has 5 nitrogen and oxygen atoms in total. The third-order valence-electron chi connectivity index (χ3n) is 4.00. The van der Waals surface area contributed by atoms with E-state index in [0.717, 1.165) is 24.0 Å². The molecule has 2 fully saturated rings. The van der Waals surface area contributed by atoms with Crippen LogP contribution in [0.5, 0.6) is 0 Å². The van der Waals surface area contributed by atoms with Crippen molar-refractivity contribution >= 4 is 22.4 Å². The van der Waals surface area contributed by atoms with Crippen LogP contribution in [0.4, 0.5) is 5.13 Å². The van der Waals surface area contributed by atoms with E-state index in [1.807, 2.05) is 6.92 Å². The normalized spacial score (nSPS) is 29.5. The maximum atomic E-state index is 12.1. The fraction of sp³-hybridized carbons (Fsp3) is 0.750. The highest BCUT2D eigenvalue weighted by Gasteiger charge is 2.40. The van der Waals surface area contributed by atoms with E-state index < -0.39 is 0 Å². The van der Waals surface area contributed by atoms with E-state index in [2.05, 4.69) is 20.8 Å². The zero-order valence-corrected chi connectivity index (χ0v) is 11.3. The first-order valence-corrected chi connectivity index (χ1v) is 7.46. The number of aromatic nitrogens is 2. The van der Waals surface area contributed by atoms with Crippen LogP contribution in [-0.2, 0) is 0 Å². The van der Waals surface area contributed by atoms with Gasteiger partial charge in [0.25, 0.3) is 5.91 Å². The second-order valence-corrected chi connectivity index (χ2v) is 6.18. The number of fused-ring (bicyclic) bond motifs is 2. The smallest absolute Gasteiger partial charge is 0.282 e. The van der Waals surface area contributed by atoms with Crippen LogP contribution in [-0.4, -0.2) is 28.7 Å². The van der Waals surface area contributed by atoms with Crippen molar-refractivity contribution in [3.63, 3.8) is 0 Å². The predicted molar refractivity (Wildman–Crippen MR) is 70.8 cm³/mol. The number of hydrogen-bond donors (Lipinski definition) is 2. The van der Waals surface area contributed by atoms with Crippen LogP contribution in [0.3, 0.4) is 0 Å². The highest BCUT2D eigenvalue weighted by molar-refractivity contribution is 7.17. The van der Waals surface area contributed by atoms with E-state index in [4.69, 9.17) is 0 Å². The van der Waals surface area contributed by atoms with E-state index >= 15 is 0 Å². The minimum absolute atomic E-state index is 0.0609. The molecule has 98 valence electrons. The quantitative estimate of drug-likeness (QED) is 0.873. The fourth-order valence-electron chi connectivity index (χ4n) is 3.19. The zero-order chi connectivity index (χ0) is 12.5. The SMILES string of the molecule is CCNc1nnc(C(=O)NC2CC3CCC2C3)s1. The lowest BCUT2D eigenvalue weighted by Gasteiger charge is -2.22. The lowest BCUT2D eigenvalue weighted by molar-refractivity contribution is 0.0922. The van der Waals surface area contributed by atoms with Gasteiger partial charge in [-0.15, -0.1) is 10.2 Å². The van der Waals surface area contributed by atoms with Crippen LogP contribution in [0, 0.1) is 11.8 Å². The number of carbonyl (C=O) groups excluding carboxylic acids is 1. The molecule has 0 saturated heterocycles. The molecule has 1 heterocycles. The van der Waals surface area contributed by atoms with Gasteiger partial charge in [-0.1, -0.05) is 17.8 Å². The summed E-state index contributed by atoms with van der Waals surface area (Å²) < 4.78 is 0. The van der Waals surface area contributed by atoms with Gasteiger partial charge in [-0.25, -0.2) is 0 Å². The van der Waals surface area contributed by atoms with Gasteiger partial charge in [0.05, 0.1) is 0 Å². The molecule has 2 bridgehead atoms. The highest BCUT2D eigenvalue weighted by Crippen LogP contribution is 2.44. The van der Waals surface area contributed by atoms with Crippen molar-refractivity contribution in [1.29, 1.82) is 0 Å². The van der Waals surface area contributed by atoms with Crippen molar-refractivity contribution in [3.05, 3.63) is 5.01 Å². The molecule has 2 aliphatic carbocycles. The van der Waals surface area contributed by atoms with Crippen molar-refractivity contribution in [2.24, 2.45) is 11.8 Å². The second-order valence-electron chi connectivity index (χ2n) is 5.20. The number of hydrogen-bond acceptors (Lipinski definition) is 5. The van der Waals surface area contributed by atoms with Crippen LogP contribution >= 0.6 is 11.3 Å². The number of rotatable bonds is 4. The molecule has 0 aliphatic heterocycles. The van der Waals surface area contributed by atoms with Crippen molar-refractivity contribution in [1.82, 2.24) is 15.5 Å². The molecular weight excluding hydrogens is 248 g/mol. The first kappa shape index (κ1) is 11.9. The molecule has 18 heavy (non-hydrogen) atoms. The van der Waals surface area contributed by atoms with Crippen molar-refractivity contribution in [2.75, 3.05) is 11.9 Å². The topological polar surface area (TPSA) is 66.9 Å². The molecule has 2 aliphatic rings. The van der Waals surface area contributed by atoms with Crippen LogP contribution in [0.1, 0.15) is 42.4 Å². The molecule has 0 spiro atoms. The Balaban J connectivity index is 1.60. The van der Waals surface area contributed by atoms with Gasteiger partial charge in [-0.3, -0.25) is 4.79 Å². The minimum Gasteiger partial charge on any atom is -0.360 e. The van der Waals surface area contributed by atoms with Gasteiger partial charge in [0.1, 0.15) is 0 Å². The van der Waals surface area contributed by atoms with Crippen LogP contribution in [0.15, 0.2) is 0 Å². The van der Waals surface area contributed by atoms with E-state index in [1.165, 1.54) is 30.6 Å². The molecule has 1 amide bonds. The first-order valence-electron chi connectivity index (χ1n) is 6.64. The Kier molecular flexibility index (Phi) is 3.20. The fourth-order valence-corrected chi connectivity index (χ4v) is 3.90. The van der Waals surface area contributed by atoms with Crippen LogP contribution < -0.4 is 10.6 Å². The van der Waals surface area contributed by atoms with Gasteiger partial charge in [0.15, 0.2) is 0 Å². The molecule has 2 saturated carbocycles. The molecular formula is C12H18N4OS. The van der Waals surface area contributed by atoms with E-state index in [0.29, 0.717) is 17.0 Å². The molecule has 1 aromatic heterocycles. The van der Waals surface area contributed by atoms with E-state index in [9.17, 15) is 4.79 Å². The summed E-state index contributed by atoms with van der Waals surface area (Å²) in [6.07, 6.45) is 5.06. The molecule has 2 N–H and O–H groups in total. The second kappa shape index (κ2) is 4.84. The summed E-state index contributed by atoms with van der Waals surface area (Å²) in [7, 11) is 0. The highest BCUT2D eigenvalue weighted by atomic mass is 32.1. The molecule has 3 unspecified atom stereocenters. The Bertz CT molecular complexity index is 447. The van der Waals surface area contributed by atoms with E-state index in [1.54, 1.807) is 0 Å². The lowest BCUT2D eigenvalue weighted by atomic mass is 9.95. The first-order chi connectivity index (χ1) is 8.76. The van der Waals surface area contributed by atoms with Gasteiger partial charge in [-0.2, -0.15) is 0 Å². The Morgan fingerprint density at radius 2 is 2.28 bits per heavy atom. The molecule has 3 atom stereocenters. The van der Waals surface area contributed by atoms with Crippen LogP contribution in [0.25, 0.3) is 0 Å². The average Bonchev–Trinajstić information content (AvgIpc) is 3.04. The molecule has 0 radical (unpaired) electrons.